The van der Waals surface area contributed by atoms with Gasteiger partial charge in [0.15, 0.2) is 3.95 Å². The highest BCUT2D eigenvalue weighted by Gasteiger charge is 2.17. The van der Waals surface area contributed by atoms with Gasteiger partial charge in [0.05, 0.1) is 16.4 Å². The van der Waals surface area contributed by atoms with Crippen LogP contribution < -0.4 is 5.32 Å². The van der Waals surface area contributed by atoms with E-state index >= 15 is 0 Å². The van der Waals surface area contributed by atoms with E-state index in [2.05, 4.69) is 5.32 Å². The van der Waals surface area contributed by atoms with E-state index in [1.807, 2.05) is 48.5 Å². The summed E-state index contributed by atoms with van der Waals surface area (Å²) in [5.74, 6) is 0.0238. The number of para-hydroxylation sites is 2. The number of thiocarbonyl (C=S) groups is 1. The maximum atomic E-state index is 10.5. The lowest BCUT2D eigenvalue weighted by molar-refractivity contribution is 0.441. The Kier molecular flexibility index (Phi) is 4.77. The van der Waals surface area contributed by atoms with Crippen molar-refractivity contribution in [2.75, 3.05) is 5.32 Å². The number of nitrogens with zero attached hydrogens (tertiary/aromatic N) is 1. The summed E-state index contributed by atoms with van der Waals surface area (Å²) in [6.45, 7) is 0. The molecule has 7 heteroatoms. The van der Waals surface area contributed by atoms with Gasteiger partial charge in [-0.1, -0.05) is 65.5 Å². The fourth-order valence-corrected chi connectivity index (χ4v) is 3.80. The molecule has 0 aliphatic heterocycles. The summed E-state index contributed by atoms with van der Waals surface area (Å²) >= 11 is 18.1. The highest BCUT2D eigenvalue weighted by molar-refractivity contribution is 7.81. The number of aromatic hydroxyl groups is 1. The standard InChI is InChI=1S/C16H11ClN2OS3/c17-11-8-4-5-9-12(11)18-14(21)13-15(20)19(16(22)23-13)10-6-2-1-3-7-10/h1-9,20H,(H,18,21). The molecule has 0 unspecified atom stereocenters. The summed E-state index contributed by atoms with van der Waals surface area (Å²) in [5.41, 5.74) is 1.47. The number of thiazole rings is 1. The largest absolute Gasteiger partial charge is 0.493 e. The Hall–Kier alpha value is -1.73. The highest BCUT2D eigenvalue weighted by atomic mass is 35.5. The van der Waals surface area contributed by atoms with Crippen LogP contribution in [-0.4, -0.2) is 14.7 Å². The molecule has 0 radical (unpaired) electrons. The third-order valence-electron chi connectivity index (χ3n) is 3.13. The lowest BCUT2D eigenvalue weighted by Gasteiger charge is -2.09. The van der Waals surface area contributed by atoms with Crippen LogP contribution in [0.4, 0.5) is 5.69 Å². The van der Waals surface area contributed by atoms with Crippen molar-refractivity contribution in [1.82, 2.24) is 4.57 Å². The van der Waals surface area contributed by atoms with Crippen LogP contribution in [0.5, 0.6) is 5.88 Å². The molecule has 3 nitrogen and oxygen atoms in total. The Balaban J connectivity index is 1.97. The van der Waals surface area contributed by atoms with Crippen LogP contribution in [0.3, 0.4) is 0 Å². The Bertz CT molecular complexity index is 919. The van der Waals surface area contributed by atoms with E-state index in [-0.39, 0.29) is 5.88 Å². The van der Waals surface area contributed by atoms with E-state index in [4.69, 9.17) is 36.0 Å². The minimum Gasteiger partial charge on any atom is -0.493 e. The normalized spacial score (nSPS) is 10.5. The third kappa shape index (κ3) is 3.30. The summed E-state index contributed by atoms with van der Waals surface area (Å²) in [6, 6.07) is 16.7. The van der Waals surface area contributed by atoms with E-state index in [0.29, 0.717) is 24.5 Å². The SMILES string of the molecule is Oc1c(C(=S)Nc2ccccc2Cl)sc(=S)n1-c1ccccc1. The first-order valence-electron chi connectivity index (χ1n) is 6.64. The van der Waals surface area contributed by atoms with Gasteiger partial charge in [-0.25, -0.2) is 0 Å². The molecule has 0 fully saturated rings. The van der Waals surface area contributed by atoms with Crippen molar-refractivity contribution >= 4 is 58.0 Å². The van der Waals surface area contributed by atoms with Gasteiger partial charge in [0.2, 0.25) is 5.88 Å². The molecule has 0 aliphatic carbocycles. The van der Waals surface area contributed by atoms with E-state index in [1.54, 1.807) is 10.6 Å². The average molecular weight is 379 g/mol. The van der Waals surface area contributed by atoms with E-state index in [1.165, 1.54) is 11.3 Å². The Morgan fingerprint density at radius 3 is 2.43 bits per heavy atom. The molecule has 1 aromatic heterocycles. The van der Waals surface area contributed by atoms with Crippen LogP contribution >= 0.6 is 47.4 Å². The summed E-state index contributed by atoms with van der Waals surface area (Å²) < 4.78 is 2.11. The van der Waals surface area contributed by atoms with Gasteiger partial charge >= 0.3 is 0 Å². The van der Waals surface area contributed by atoms with Gasteiger partial charge in [0.1, 0.15) is 9.87 Å². The van der Waals surface area contributed by atoms with Crippen molar-refractivity contribution in [3.8, 4) is 11.6 Å². The van der Waals surface area contributed by atoms with Gasteiger partial charge in [0.25, 0.3) is 0 Å². The number of rotatable bonds is 3. The Morgan fingerprint density at radius 1 is 1.09 bits per heavy atom. The van der Waals surface area contributed by atoms with Crippen molar-refractivity contribution in [1.29, 1.82) is 0 Å². The molecule has 2 aromatic carbocycles. The molecule has 23 heavy (non-hydrogen) atoms. The molecule has 0 atom stereocenters. The number of benzene rings is 2. The van der Waals surface area contributed by atoms with Gasteiger partial charge in [-0.15, -0.1) is 0 Å². The summed E-state index contributed by atoms with van der Waals surface area (Å²) in [7, 11) is 0. The second-order valence-corrected chi connectivity index (χ2v) is 7.09. The zero-order valence-electron chi connectivity index (χ0n) is 11.7. The van der Waals surface area contributed by atoms with Gasteiger partial charge in [-0.05, 0) is 36.5 Å². The highest BCUT2D eigenvalue weighted by Crippen LogP contribution is 2.31. The number of aromatic nitrogens is 1. The number of hydrogen-bond acceptors (Lipinski definition) is 4. The topological polar surface area (TPSA) is 37.2 Å². The predicted molar refractivity (Wildman–Crippen MR) is 103 cm³/mol. The van der Waals surface area contributed by atoms with Crippen molar-refractivity contribution < 1.29 is 5.11 Å². The molecule has 0 aliphatic rings. The van der Waals surface area contributed by atoms with Gasteiger partial charge < -0.3 is 10.4 Å². The van der Waals surface area contributed by atoms with Crippen molar-refractivity contribution in [3.05, 3.63) is 68.5 Å². The molecule has 3 rings (SSSR count). The lowest BCUT2D eigenvalue weighted by atomic mass is 10.3. The van der Waals surface area contributed by atoms with Crippen LogP contribution in [-0.2, 0) is 0 Å². The predicted octanol–water partition coefficient (Wildman–Crippen LogP) is 5.41. The minimum absolute atomic E-state index is 0.0238. The maximum absolute atomic E-state index is 10.5. The molecule has 116 valence electrons. The fraction of sp³-hybridized carbons (Fsp3) is 0. The summed E-state index contributed by atoms with van der Waals surface area (Å²) in [4.78, 5) is 0.884. The van der Waals surface area contributed by atoms with Crippen LogP contribution in [0.2, 0.25) is 5.02 Å². The number of nitrogens with one attached hydrogen (secondary N) is 1. The Labute approximate surface area is 152 Å². The molecular formula is C16H11ClN2OS3. The monoisotopic (exact) mass is 378 g/mol. The molecule has 2 N–H and O–H groups in total. The maximum Gasteiger partial charge on any atom is 0.218 e. The van der Waals surface area contributed by atoms with E-state index in [9.17, 15) is 5.11 Å². The van der Waals surface area contributed by atoms with Crippen molar-refractivity contribution in [2.45, 2.75) is 0 Å². The molecule has 1 heterocycles. The zero-order chi connectivity index (χ0) is 16.4. The van der Waals surface area contributed by atoms with Crippen LogP contribution in [0.25, 0.3) is 5.69 Å². The first kappa shape index (κ1) is 16.1. The lowest BCUT2D eigenvalue weighted by Crippen LogP contribution is -2.09. The third-order valence-corrected chi connectivity index (χ3v) is 5.28. The molecule has 0 amide bonds. The molecule has 0 bridgehead atoms. The van der Waals surface area contributed by atoms with Crippen LogP contribution in [0, 0.1) is 3.95 Å². The molecule has 3 aromatic rings. The van der Waals surface area contributed by atoms with Gasteiger partial charge in [-0.2, -0.15) is 0 Å². The summed E-state index contributed by atoms with van der Waals surface area (Å²) in [5, 5.41) is 14.1. The molecule has 0 saturated heterocycles. The first-order chi connectivity index (χ1) is 11.1. The van der Waals surface area contributed by atoms with Gasteiger partial charge in [0, 0.05) is 0 Å². The second-order valence-electron chi connectivity index (χ2n) is 4.63. The second kappa shape index (κ2) is 6.80. The van der Waals surface area contributed by atoms with E-state index in [0.717, 1.165) is 5.69 Å². The van der Waals surface area contributed by atoms with E-state index < -0.39 is 0 Å². The van der Waals surface area contributed by atoms with Crippen LogP contribution in [0.1, 0.15) is 4.88 Å². The average Bonchev–Trinajstić information content (AvgIpc) is 2.85. The quantitative estimate of drug-likeness (QED) is 0.597. The van der Waals surface area contributed by atoms with Crippen molar-refractivity contribution in [2.24, 2.45) is 0 Å². The smallest absolute Gasteiger partial charge is 0.218 e. The Morgan fingerprint density at radius 2 is 1.74 bits per heavy atom. The number of anilines is 1. The summed E-state index contributed by atoms with van der Waals surface area (Å²) in [6.07, 6.45) is 0. The molecule has 0 saturated carbocycles. The molecule has 0 spiro atoms. The number of halogens is 1. The fourth-order valence-electron chi connectivity index (χ4n) is 2.06. The molecular weight excluding hydrogens is 368 g/mol. The first-order valence-corrected chi connectivity index (χ1v) is 8.65. The van der Waals surface area contributed by atoms with Gasteiger partial charge in [-0.3, -0.25) is 4.57 Å². The number of hydrogen-bond donors (Lipinski definition) is 2. The minimum atomic E-state index is 0.0238. The van der Waals surface area contributed by atoms with Crippen LogP contribution in [0.15, 0.2) is 54.6 Å². The zero-order valence-corrected chi connectivity index (χ0v) is 14.9. The van der Waals surface area contributed by atoms with Crippen molar-refractivity contribution in [3.63, 3.8) is 0 Å².